The van der Waals surface area contributed by atoms with Gasteiger partial charge in [0.05, 0.1) is 6.61 Å². The lowest BCUT2D eigenvalue weighted by Gasteiger charge is -2.39. The molecule has 1 saturated heterocycles. The molecule has 0 bridgehead atoms. The SMILES string of the molecule is CSCCCCC/C(=N\O)SC1OC(CO)C(O)C(O)C1O. The van der Waals surface area contributed by atoms with E-state index in [1.165, 1.54) is 0 Å². The van der Waals surface area contributed by atoms with Gasteiger partial charge in [0.1, 0.15) is 34.9 Å². The van der Waals surface area contributed by atoms with E-state index in [1.807, 2.05) is 0 Å². The summed E-state index contributed by atoms with van der Waals surface area (Å²) in [4.78, 5) is 0. The summed E-state index contributed by atoms with van der Waals surface area (Å²) in [5.41, 5.74) is -0.896. The van der Waals surface area contributed by atoms with Crippen LogP contribution in [-0.2, 0) is 4.74 Å². The molecule has 22 heavy (non-hydrogen) atoms. The van der Waals surface area contributed by atoms with Gasteiger partial charge in [-0.3, -0.25) is 0 Å². The van der Waals surface area contributed by atoms with Crippen LogP contribution in [-0.4, -0.2) is 79.1 Å². The molecule has 130 valence electrons. The van der Waals surface area contributed by atoms with E-state index in [-0.39, 0.29) is 0 Å². The zero-order valence-electron chi connectivity index (χ0n) is 12.5. The molecular weight excluding hydrogens is 330 g/mol. The van der Waals surface area contributed by atoms with Crippen molar-refractivity contribution >= 4 is 28.6 Å². The monoisotopic (exact) mass is 355 g/mol. The van der Waals surface area contributed by atoms with Gasteiger partial charge in [0.15, 0.2) is 0 Å². The van der Waals surface area contributed by atoms with Crippen molar-refractivity contribution in [2.75, 3.05) is 18.6 Å². The Hall–Kier alpha value is -0.0300. The van der Waals surface area contributed by atoms with Crippen molar-refractivity contribution in [3.8, 4) is 0 Å². The average molecular weight is 355 g/mol. The number of oxime groups is 1. The van der Waals surface area contributed by atoms with Crippen LogP contribution >= 0.6 is 23.5 Å². The van der Waals surface area contributed by atoms with E-state index in [9.17, 15) is 15.3 Å². The molecule has 9 heteroatoms. The third-order valence-corrected chi connectivity index (χ3v) is 5.33. The first-order valence-corrected chi connectivity index (χ1v) is 9.49. The molecule has 0 spiro atoms. The van der Waals surface area contributed by atoms with Crippen LogP contribution < -0.4 is 0 Å². The molecule has 0 aromatic rings. The Bertz CT molecular complexity index is 344. The van der Waals surface area contributed by atoms with Gasteiger partial charge in [0.2, 0.25) is 0 Å². The maximum absolute atomic E-state index is 9.93. The second-order valence-electron chi connectivity index (χ2n) is 5.11. The van der Waals surface area contributed by atoms with Gasteiger partial charge >= 0.3 is 0 Å². The van der Waals surface area contributed by atoms with Gasteiger partial charge < -0.3 is 30.4 Å². The Morgan fingerprint density at radius 1 is 1.09 bits per heavy atom. The number of hydrogen-bond donors (Lipinski definition) is 5. The highest BCUT2D eigenvalue weighted by Gasteiger charge is 2.44. The van der Waals surface area contributed by atoms with E-state index in [4.69, 9.17) is 15.1 Å². The van der Waals surface area contributed by atoms with Crippen molar-refractivity contribution in [3.05, 3.63) is 0 Å². The fourth-order valence-corrected chi connectivity index (χ4v) is 3.70. The molecule has 0 saturated carbocycles. The summed E-state index contributed by atoms with van der Waals surface area (Å²) < 4.78 is 5.37. The van der Waals surface area contributed by atoms with Crippen LogP contribution in [0.25, 0.3) is 0 Å². The van der Waals surface area contributed by atoms with E-state index in [0.29, 0.717) is 11.5 Å². The number of nitrogens with zero attached hydrogens (tertiary/aromatic N) is 1. The van der Waals surface area contributed by atoms with Crippen molar-refractivity contribution in [3.63, 3.8) is 0 Å². The Labute approximate surface area is 138 Å². The van der Waals surface area contributed by atoms with Crippen LogP contribution in [0.4, 0.5) is 0 Å². The molecule has 0 aromatic heterocycles. The lowest BCUT2D eigenvalue weighted by Crippen LogP contribution is -2.57. The second kappa shape index (κ2) is 10.7. The summed E-state index contributed by atoms with van der Waals surface area (Å²) in [6, 6.07) is 0. The smallest absolute Gasteiger partial charge is 0.138 e. The number of rotatable bonds is 8. The fourth-order valence-electron chi connectivity index (χ4n) is 2.13. The normalized spacial score (nSPS) is 33.1. The first kappa shape index (κ1) is 20.0. The molecule has 5 N–H and O–H groups in total. The van der Waals surface area contributed by atoms with Gasteiger partial charge in [-0.2, -0.15) is 11.8 Å². The first-order chi connectivity index (χ1) is 10.5. The molecule has 1 aliphatic heterocycles. The molecule has 1 aliphatic rings. The predicted molar refractivity (Wildman–Crippen MR) is 87.4 cm³/mol. The lowest BCUT2D eigenvalue weighted by molar-refractivity contribution is -0.205. The van der Waals surface area contributed by atoms with Crippen molar-refractivity contribution in [2.45, 2.75) is 55.5 Å². The topological polar surface area (TPSA) is 123 Å². The minimum absolute atomic E-state index is 0.397. The molecule has 1 rings (SSSR count). The largest absolute Gasteiger partial charge is 0.410 e. The molecule has 1 heterocycles. The number of aliphatic hydroxyl groups is 4. The summed E-state index contributed by atoms with van der Waals surface area (Å²) >= 11 is 2.79. The second-order valence-corrected chi connectivity index (χ2v) is 7.27. The van der Waals surface area contributed by atoms with Crippen LogP contribution in [0.15, 0.2) is 5.16 Å². The third kappa shape index (κ3) is 5.88. The maximum atomic E-state index is 9.93. The molecule has 0 radical (unpaired) electrons. The van der Waals surface area contributed by atoms with Crippen LogP contribution in [0.1, 0.15) is 25.7 Å². The summed E-state index contributed by atoms with van der Waals surface area (Å²) in [5.74, 6) is 1.09. The van der Waals surface area contributed by atoms with Gasteiger partial charge in [-0.15, -0.1) is 0 Å². The molecular formula is C13H25NO6S2. The molecule has 1 fully saturated rings. The maximum Gasteiger partial charge on any atom is 0.138 e. The number of aliphatic hydroxyl groups excluding tert-OH is 4. The highest BCUT2D eigenvalue weighted by atomic mass is 32.2. The van der Waals surface area contributed by atoms with Crippen LogP contribution in [0.2, 0.25) is 0 Å². The standard InChI is InChI=1S/C13H25NO6S2/c1-21-6-4-2-3-5-9(14-19)22-13-12(18)11(17)10(16)8(7-15)20-13/h8,10-13,15-19H,2-7H2,1H3/b14-9+. The first-order valence-electron chi connectivity index (χ1n) is 7.22. The van der Waals surface area contributed by atoms with Gasteiger partial charge in [-0.05, 0) is 31.3 Å². The van der Waals surface area contributed by atoms with Crippen molar-refractivity contribution in [2.24, 2.45) is 5.16 Å². The van der Waals surface area contributed by atoms with Crippen molar-refractivity contribution < 1.29 is 30.4 Å². The Kier molecular flexibility index (Phi) is 9.73. The molecule has 0 amide bonds. The van der Waals surface area contributed by atoms with E-state index < -0.39 is 36.5 Å². The number of ether oxygens (including phenoxy) is 1. The van der Waals surface area contributed by atoms with Gasteiger partial charge in [-0.1, -0.05) is 23.3 Å². The Morgan fingerprint density at radius 3 is 2.41 bits per heavy atom. The minimum Gasteiger partial charge on any atom is -0.410 e. The van der Waals surface area contributed by atoms with Crippen molar-refractivity contribution in [1.29, 1.82) is 0 Å². The fraction of sp³-hybridized carbons (Fsp3) is 0.923. The summed E-state index contributed by atoms with van der Waals surface area (Å²) in [6.45, 7) is -0.470. The predicted octanol–water partition coefficient (Wildman–Crippen LogP) is 0.231. The number of unbranched alkanes of at least 4 members (excludes halogenated alkanes) is 2. The number of thioether (sulfide) groups is 2. The molecule has 5 atom stereocenters. The highest BCUT2D eigenvalue weighted by Crippen LogP contribution is 2.30. The summed E-state index contributed by atoms with van der Waals surface area (Å²) in [5, 5.41) is 51.1. The Morgan fingerprint density at radius 2 is 1.82 bits per heavy atom. The summed E-state index contributed by atoms with van der Waals surface area (Å²) in [7, 11) is 0. The molecule has 0 aliphatic carbocycles. The van der Waals surface area contributed by atoms with Gasteiger partial charge in [0.25, 0.3) is 0 Å². The van der Waals surface area contributed by atoms with Crippen molar-refractivity contribution in [1.82, 2.24) is 0 Å². The zero-order valence-corrected chi connectivity index (χ0v) is 14.2. The van der Waals surface area contributed by atoms with E-state index >= 15 is 0 Å². The zero-order chi connectivity index (χ0) is 16.5. The third-order valence-electron chi connectivity index (χ3n) is 3.45. The van der Waals surface area contributed by atoms with E-state index in [2.05, 4.69) is 11.4 Å². The molecule has 0 aromatic carbocycles. The van der Waals surface area contributed by atoms with Gasteiger partial charge in [-0.25, -0.2) is 0 Å². The minimum atomic E-state index is -1.41. The van der Waals surface area contributed by atoms with Crippen LogP contribution in [0.5, 0.6) is 0 Å². The van der Waals surface area contributed by atoms with E-state index in [0.717, 1.165) is 36.8 Å². The number of hydrogen-bond acceptors (Lipinski definition) is 9. The highest BCUT2D eigenvalue weighted by molar-refractivity contribution is 8.14. The average Bonchev–Trinajstić information content (AvgIpc) is 2.53. The van der Waals surface area contributed by atoms with E-state index in [1.54, 1.807) is 11.8 Å². The quantitative estimate of drug-likeness (QED) is 0.138. The molecule has 5 unspecified atom stereocenters. The summed E-state index contributed by atoms with van der Waals surface area (Å²) in [6.07, 6.45) is 0.487. The van der Waals surface area contributed by atoms with Crippen LogP contribution in [0, 0.1) is 0 Å². The Balaban J connectivity index is 2.48. The van der Waals surface area contributed by atoms with Gasteiger partial charge in [0, 0.05) is 0 Å². The lowest BCUT2D eigenvalue weighted by atomic mass is 10.0. The van der Waals surface area contributed by atoms with Crippen LogP contribution in [0.3, 0.4) is 0 Å². The molecule has 7 nitrogen and oxygen atoms in total.